The van der Waals surface area contributed by atoms with Gasteiger partial charge in [0.1, 0.15) is 0 Å². The highest BCUT2D eigenvalue weighted by Crippen LogP contribution is 1.93. The Balaban J connectivity index is 3.21. The highest BCUT2D eigenvalue weighted by Gasteiger charge is 2.00. The molecule has 0 aromatic heterocycles. The van der Waals surface area contributed by atoms with Gasteiger partial charge in [0.15, 0.2) is 0 Å². The molecule has 0 aliphatic carbocycles. The fourth-order valence-corrected chi connectivity index (χ4v) is 1.66. The minimum absolute atomic E-state index is 0.514. The van der Waals surface area contributed by atoms with E-state index >= 15 is 0 Å². The van der Waals surface area contributed by atoms with E-state index < -0.39 is 10.8 Å². The molecule has 12 heavy (non-hydrogen) atoms. The molecule has 0 amide bonds. The van der Waals surface area contributed by atoms with Crippen LogP contribution in [-0.2, 0) is 10.8 Å². The standard InChI is InChI=1S/C9H21NOS/c1-4-5-7-10-9(2)6-8-12(3)11/h9-10H,4-8H2,1-3H3. The summed E-state index contributed by atoms with van der Waals surface area (Å²) in [7, 11) is -0.633. The quantitative estimate of drug-likeness (QED) is 0.618. The van der Waals surface area contributed by atoms with E-state index in [2.05, 4.69) is 19.2 Å². The van der Waals surface area contributed by atoms with Crippen molar-refractivity contribution in [2.75, 3.05) is 18.6 Å². The van der Waals surface area contributed by atoms with Gasteiger partial charge >= 0.3 is 0 Å². The van der Waals surface area contributed by atoms with Gasteiger partial charge < -0.3 is 5.32 Å². The van der Waals surface area contributed by atoms with E-state index in [9.17, 15) is 4.21 Å². The molecule has 0 rings (SSSR count). The molecule has 0 radical (unpaired) electrons. The predicted molar refractivity (Wildman–Crippen MR) is 55.9 cm³/mol. The Kier molecular flexibility index (Phi) is 7.81. The maximum atomic E-state index is 10.8. The first kappa shape index (κ1) is 12.1. The Bertz CT molecular complexity index is 128. The van der Waals surface area contributed by atoms with E-state index in [0.29, 0.717) is 6.04 Å². The minimum atomic E-state index is -0.633. The fourth-order valence-electron chi connectivity index (χ4n) is 0.970. The third-order valence-electron chi connectivity index (χ3n) is 1.86. The van der Waals surface area contributed by atoms with Crippen LogP contribution in [0.2, 0.25) is 0 Å². The monoisotopic (exact) mass is 191 g/mol. The molecule has 0 aliphatic rings. The first-order chi connectivity index (χ1) is 5.66. The molecule has 2 atom stereocenters. The summed E-state index contributed by atoms with van der Waals surface area (Å²) in [6, 6.07) is 0.514. The van der Waals surface area contributed by atoms with Crippen LogP contribution in [0.1, 0.15) is 33.1 Å². The lowest BCUT2D eigenvalue weighted by Gasteiger charge is -2.11. The van der Waals surface area contributed by atoms with Crippen molar-refractivity contribution in [2.24, 2.45) is 0 Å². The van der Waals surface area contributed by atoms with Gasteiger partial charge in [-0.2, -0.15) is 0 Å². The van der Waals surface area contributed by atoms with Crippen LogP contribution >= 0.6 is 0 Å². The largest absolute Gasteiger partial charge is 0.314 e. The van der Waals surface area contributed by atoms with Gasteiger partial charge in [0.2, 0.25) is 0 Å². The number of nitrogens with one attached hydrogen (secondary N) is 1. The van der Waals surface area contributed by atoms with Crippen LogP contribution in [0.3, 0.4) is 0 Å². The summed E-state index contributed by atoms with van der Waals surface area (Å²) in [6.07, 6.45) is 5.25. The molecule has 0 aromatic carbocycles. The van der Waals surface area contributed by atoms with Gasteiger partial charge in [0.25, 0.3) is 0 Å². The van der Waals surface area contributed by atoms with Gasteiger partial charge in [0, 0.05) is 28.9 Å². The van der Waals surface area contributed by atoms with E-state index in [0.717, 1.165) is 18.7 Å². The van der Waals surface area contributed by atoms with Gasteiger partial charge in [0.05, 0.1) is 0 Å². The lowest BCUT2D eigenvalue weighted by Crippen LogP contribution is -2.28. The van der Waals surface area contributed by atoms with Gasteiger partial charge in [-0.1, -0.05) is 13.3 Å². The molecule has 0 spiro atoms. The number of rotatable bonds is 7. The molecule has 1 N–H and O–H groups in total. The van der Waals surface area contributed by atoms with E-state index in [-0.39, 0.29) is 0 Å². The van der Waals surface area contributed by atoms with Crippen molar-refractivity contribution >= 4 is 10.8 Å². The van der Waals surface area contributed by atoms with Crippen LogP contribution < -0.4 is 5.32 Å². The van der Waals surface area contributed by atoms with Crippen molar-refractivity contribution in [3.63, 3.8) is 0 Å². The zero-order chi connectivity index (χ0) is 9.40. The van der Waals surface area contributed by atoms with Gasteiger partial charge in [-0.15, -0.1) is 0 Å². The van der Waals surface area contributed by atoms with Gasteiger partial charge in [-0.05, 0) is 26.3 Å². The maximum absolute atomic E-state index is 10.8. The molecular weight excluding hydrogens is 170 g/mol. The van der Waals surface area contributed by atoms with Crippen LogP contribution in [0, 0.1) is 0 Å². The van der Waals surface area contributed by atoms with Crippen molar-refractivity contribution in [1.29, 1.82) is 0 Å². The smallest absolute Gasteiger partial charge is 0.0246 e. The van der Waals surface area contributed by atoms with Crippen molar-refractivity contribution in [1.82, 2.24) is 5.32 Å². The zero-order valence-electron chi connectivity index (χ0n) is 8.43. The number of hydrogen-bond acceptors (Lipinski definition) is 2. The molecule has 0 heterocycles. The van der Waals surface area contributed by atoms with E-state index in [4.69, 9.17) is 0 Å². The second-order valence-electron chi connectivity index (χ2n) is 3.27. The summed E-state index contributed by atoms with van der Waals surface area (Å²) in [4.78, 5) is 0. The topological polar surface area (TPSA) is 29.1 Å². The third kappa shape index (κ3) is 8.21. The molecule has 0 aliphatic heterocycles. The molecule has 0 saturated heterocycles. The van der Waals surface area contributed by atoms with Gasteiger partial charge in [-0.25, -0.2) is 0 Å². The average molecular weight is 191 g/mol. The summed E-state index contributed by atoms with van der Waals surface area (Å²) in [6.45, 7) is 5.43. The Hall–Kier alpha value is 0.110. The van der Waals surface area contributed by atoms with E-state index in [1.807, 2.05) is 0 Å². The third-order valence-corrected chi connectivity index (χ3v) is 2.67. The summed E-state index contributed by atoms with van der Waals surface area (Å²) in [5.74, 6) is 0.820. The van der Waals surface area contributed by atoms with Crippen molar-refractivity contribution < 1.29 is 4.21 Å². The minimum Gasteiger partial charge on any atom is -0.314 e. The maximum Gasteiger partial charge on any atom is 0.0246 e. The predicted octanol–water partition coefficient (Wildman–Crippen LogP) is 1.53. The first-order valence-electron chi connectivity index (χ1n) is 4.70. The molecular formula is C9H21NOS. The molecule has 0 bridgehead atoms. The number of hydrogen-bond donors (Lipinski definition) is 1. The highest BCUT2D eigenvalue weighted by molar-refractivity contribution is 7.84. The highest BCUT2D eigenvalue weighted by atomic mass is 32.2. The Morgan fingerprint density at radius 2 is 2.17 bits per heavy atom. The Labute approximate surface area is 78.6 Å². The Morgan fingerprint density at radius 3 is 2.67 bits per heavy atom. The summed E-state index contributed by atoms with van der Waals surface area (Å²) in [5, 5.41) is 3.40. The summed E-state index contributed by atoms with van der Waals surface area (Å²) in [5.41, 5.74) is 0. The molecule has 2 nitrogen and oxygen atoms in total. The molecule has 0 aromatic rings. The average Bonchev–Trinajstić information content (AvgIpc) is 2.01. The second kappa shape index (κ2) is 7.74. The van der Waals surface area contributed by atoms with E-state index in [1.165, 1.54) is 12.8 Å². The van der Waals surface area contributed by atoms with Crippen molar-refractivity contribution in [2.45, 2.75) is 39.2 Å². The zero-order valence-corrected chi connectivity index (χ0v) is 9.25. The van der Waals surface area contributed by atoms with Crippen molar-refractivity contribution in [3.8, 4) is 0 Å². The van der Waals surface area contributed by atoms with Crippen LogP contribution in [0.4, 0.5) is 0 Å². The Morgan fingerprint density at radius 1 is 1.50 bits per heavy atom. The molecule has 74 valence electrons. The summed E-state index contributed by atoms with van der Waals surface area (Å²) < 4.78 is 10.8. The molecule has 0 saturated carbocycles. The molecule has 3 heteroatoms. The lowest BCUT2D eigenvalue weighted by molar-refractivity contribution is 0.522. The van der Waals surface area contributed by atoms with Crippen molar-refractivity contribution in [3.05, 3.63) is 0 Å². The summed E-state index contributed by atoms with van der Waals surface area (Å²) >= 11 is 0. The number of unbranched alkanes of at least 4 members (excludes halogenated alkanes) is 1. The lowest BCUT2D eigenvalue weighted by atomic mass is 10.2. The van der Waals surface area contributed by atoms with Crippen LogP contribution in [-0.4, -0.2) is 28.8 Å². The first-order valence-corrected chi connectivity index (χ1v) is 6.43. The second-order valence-corrected chi connectivity index (χ2v) is 4.83. The normalized spacial score (nSPS) is 15.9. The SMILES string of the molecule is CCCCNC(C)CCS(C)=O. The van der Waals surface area contributed by atoms with Crippen LogP contribution in [0.25, 0.3) is 0 Å². The van der Waals surface area contributed by atoms with Crippen LogP contribution in [0.5, 0.6) is 0 Å². The van der Waals surface area contributed by atoms with Crippen LogP contribution in [0.15, 0.2) is 0 Å². The molecule has 2 unspecified atom stereocenters. The molecule has 0 fully saturated rings. The fraction of sp³-hybridized carbons (Fsp3) is 1.00. The van der Waals surface area contributed by atoms with Gasteiger partial charge in [-0.3, -0.25) is 4.21 Å². The van der Waals surface area contributed by atoms with E-state index in [1.54, 1.807) is 6.26 Å².